The molecule has 7 nitrogen and oxygen atoms in total. The van der Waals surface area contributed by atoms with Crippen LogP contribution < -0.4 is 10.9 Å². The van der Waals surface area contributed by atoms with Crippen LogP contribution in [0.15, 0.2) is 71.5 Å². The molecule has 2 heterocycles. The van der Waals surface area contributed by atoms with Gasteiger partial charge < -0.3 is 10.3 Å². The Bertz CT molecular complexity index is 1080. The largest absolute Gasteiger partial charge is 0.340 e. The van der Waals surface area contributed by atoms with Gasteiger partial charge in [-0.25, -0.2) is 10.1 Å². The summed E-state index contributed by atoms with van der Waals surface area (Å²) in [5.74, 6) is 0.283. The number of amides is 1. The lowest BCUT2D eigenvalue weighted by Crippen LogP contribution is -2.32. The van der Waals surface area contributed by atoms with Crippen molar-refractivity contribution in [3.05, 3.63) is 94.2 Å². The van der Waals surface area contributed by atoms with E-state index >= 15 is 0 Å². The zero-order valence-electron chi connectivity index (χ0n) is 14.3. The first kappa shape index (κ1) is 16.7. The Morgan fingerprint density at radius 1 is 1.00 bits per heavy atom. The number of aromatic amines is 2. The Balaban J connectivity index is 1.65. The van der Waals surface area contributed by atoms with Crippen LogP contribution >= 0.6 is 0 Å². The number of carbonyl (C=O) groups is 1. The van der Waals surface area contributed by atoms with Crippen molar-refractivity contribution < 1.29 is 4.79 Å². The molecule has 1 atom stereocenters. The molecule has 4 rings (SSSR count). The van der Waals surface area contributed by atoms with Gasteiger partial charge in [0.1, 0.15) is 11.5 Å². The highest BCUT2D eigenvalue weighted by molar-refractivity contribution is 5.92. The number of hydrogen-bond donors (Lipinski definition) is 3. The maximum absolute atomic E-state index is 12.6. The lowest BCUT2D eigenvalue weighted by molar-refractivity contribution is 0.0928. The maximum atomic E-state index is 12.6. The van der Waals surface area contributed by atoms with Crippen LogP contribution in [0.4, 0.5) is 0 Å². The molecule has 2 aromatic heterocycles. The molecule has 0 aliphatic rings. The van der Waals surface area contributed by atoms with E-state index in [1.54, 1.807) is 0 Å². The Kier molecular flexibility index (Phi) is 4.49. The Morgan fingerprint density at radius 3 is 2.52 bits per heavy atom. The zero-order chi connectivity index (χ0) is 18.6. The molecule has 0 bridgehead atoms. The number of para-hydroxylation sites is 2. The normalized spacial score (nSPS) is 12.0. The number of benzene rings is 2. The summed E-state index contributed by atoms with van der Waals surface area (Å²) in [5.41, 5.74) is 2.59. The average molecular weight is 359 g/mol. The van der Waals surface area contributed by atoms with Gasteiger partial charge in [0.2, 0.25) is 0 Å². The van der Waals surface area contributed by atoms with Crippen LogP contribution in [0.25, 0.3) is 11.0 Å². The summed E-state index contributed by atoms with van der Waals surface area (Å²) in [5, 5.41) is 9.03. The van der Waals surface area contributed by atoms with Crippen molar-refractivity contribution in [1.29, 1.82) is 0 Å². The zero-order valence-corrected chi connectivity index (χ0v) is 14.3. The molecular weight excluding hydrogens is 342 g/mol. The molecule has 0 saturated carbocycles. The number of H-pyrrole nitrogens is 2. The van der Waals surface area contributed by atoms with Crippen LogP contribution in [-0.2, 0) is 6.42 Å². The van der Waals surface area contributed by atoms with Crippen LogP contribution in [0.1, 0.15) is 27.9 Å². The highest BCUT2D eigenvalue weighted by atomic mass is 16.2. The van der Waals surface area contributed by atoms with Crippen molar-refractivity contribution in [2.45, 2.75) is 12.5 Å². The Hall–Kier alpha value is -3.74. The van der Waals surface area contributed by atoms with Crippen molar-refractivity contribution in [2.75, 3.05) is 0 Å². The molecule has 0 spiro atoms. The number of aromatic nitrogens is 4. The van der Waals surface area contributed by atoms with E-state index in [0.717, 1.165) is 16.6 Å². The monoisotopic (exact) mass is 359 g/mol. The SMILES string of the molecule is O=C(N[C@@H](Cc1ccccc1)c1nc2ccccc2[nH]1)c1ccc(=O)[nH]n1. The van der Waals surface area contributed by atoms with E-state index in [0.29, 0.717) is 12.2 Å². The Labute approximate surface area is 154 Å². The standard InChI is InChI=1S/C20H17N5O2/c26-18-11-10-16(24-25-18)20(27)23-17(12-13-6-2-1-3-7-13)19-21-14-8-4-5-9-15(14)22-19/h1-11,17H,12H2,(H,21,22)(H,23,27)(H,25,26)/t17-/m0/s1. The van der Waals surface area contributed by atoms with Crippen molar-refractivity contribution >= 4 is 16.9 Å². The molecule has 0 aliphatic heterocycles. The van der Waals surface area contributed by atoms with Gasteiger partial charge in [-0.3, -0.25) is 9.59 Å². The molecule has 2 aromatic carbocycles. The van der Waals surface area contributed by atoms with Gasteiger partial charge in [0.25, 0.3) is 11.5 Å². The fourth-order valence-corrected chi connectivity index (χ4v) is 2.91. The Morgan fingerprint density at radius 2 is 1.78 bits per heavy atom. The van der Waals surface area contributed by atoms with Crippen molar-refractivity contribution in [2.24, 2.45) is 0 Å². The lowest BCUT2D eigenvalue weighted by Gasteiger charge is -2.16. The van der Waals surface area contributed by atoms with Crippen molar-refractivity contribution in [3.8, 4) is 0 Å². The lowest BCUT2D eigenvalue weighted by atomic mass is 10.1. The minimum Gasteiger partial charge on any atom is -0.340 e. The third kappa shape index (κ3) is 3.77. The average Bonchev–Trinajstić information content (AvgIpc) is 3.13. The fourth-order valence-electron chi connectivity index (χ4n) is 2.91. The van der Waals surface area contributed by atoms with Crippen molar-refractivity contribution in [3.63, 3.8) is 0 Å². The molecule has 4 aromatic rings. The number of nitrogens with zero attached hydrogens (tertiary/aromatic N) is 2. The number of fused-ring (bicyclic) bond motifs is 1. The minimum atomic E-state index is -0.382. The second kappa shape index (κ2) is 7.25. The smallest absolute Gasteiger partial charge is 0.272 e. The van der Waals surface area contributed by atoms with Gasteiger partial charge in [0.15, 0.2) is 0 Å². The van der Waals surface area contributed by atoms with Crippen LogP contribution in [0.5, 0.6) is 0 Å². The van der Waals surface area contributed by atoms with Crippen molar-refractivity contribution in [1.82, 2.24) is 25.5 Å². The van der Waals surface area contributed by atoms with E-state index in [4.69, 9.17) is 0 Å². The van der Waals surface area contributed by atoms with Gasteiger partial charge in [-0.1, -0.05) is 42.5 Å². The molecule has 7 heteroatoms. The summed E-state index contributed by atoms with van der Waals surface area (Å²) >= 11 is 0. The van der Waals surface area contributed by atoms with Gasteiger partial charge in [-0.2, -0.15) is 5.10 Å². The quantitative estimate of drug-likeness (QED) is 0.509. The van der Waals surface area contributed by atoms with Crippen LogP contribution in [0.2, 0.25) is 0 Å². The molecule has 134 valence electrons. The van der Waals surface area contributed by atoms with Gasteiger partial charge in [-0.05, 0) is 30.2 Å². The highest BCUT2D eigenvalue weighted by Gasteiger charge is 2.20. The summed E-state index contributed by atoms with van der Waals surface area (Å²) in [6.07, 6.45) is 0.565. The molecule has 0 fully saturated rings. The summed E-state index contributed by atoms with van der Waals surface area (Å²) in [7, 11) is 0. The van der Waals surface area contributed by atoms with E-state index in [9.17, 15) is 9.59 Å². The molecule has 27 heavy (non-hydrogen) atoms. The highest BCUT2D eigenvalue weighted by Crippen LogP contribution is 2.20. The van der Waals surface area contributed by atoms with Crippen LogP contribution in [0, 0.1) is 0 Å². The predicted octanol–water partition coefficient (Wildman–Crippen LogP) is 2.36. The second-order valence-corrected chi connectivity index (χ2v) is 6.16. The van der Waals surface area contributed by atoms with E-state index in [1.165, 1.54) is 12.1 Å². The molecule has 0 saturated heterocycles. The number of rotatable bonds is 5. The number of carbonyl (C=O) groups excluding carboxylic acids is 1. The summed E-state index contributed by atoms with van der Waals surface area (Å²) in [4.78, 5) is 31.7. The first-order chi connectivity index (χ1) is 13.2. The number of imidazole rings is 1. The van der Waals surface area contributed by atoms with E-state index in [1.807, 2.05) is 54.6 Å². The molecule has 0 radical (unpaired) electrons. The number of nitrogens with one attached hydrogen (secondary N) is 3. The topological polar surface area (TPSA) is 104 Å². The fraction of sp³-hybridized carbons (Fsp3) is 0.100. The molecule has 1 amide bonds. The molecule has 3 N–H and O–H groups in total. The van der Waals surface area contributed by atoms with E-state index in [-0.39, 0.29) is 23.2 Å². The first-order valence-electron chi connectivity index (χ1n) is 8.54. The van der Waals surface area contributed by atoms with Gasteiger partial charge in [-0.15, -0.1) is 0 Å². The molecule has 0 unspecified atom stereocenters. The van der Waals surface area contributed by atoms with Crippen LogP contribution in [0.3, 0.4) is 0 Å². The van der Waals surface area contributed by atoms with E-state index < -0.39 is 0 Å². The maximum Gasteiger partial charge on any atom is 0.272 e. The first-order valence-corrected chi connectivity index (χ1v) is 8.54. The molecular formula is C20H17N5O2. The number of hydrogen-bond acceptors (Lipinski definition) is 4. The van der Waals surface area contributed by atoms with Gasteiger partial charge >= 0.3 is 0 Å². The predicted molar refractivity (Wildman–Crippen MR) is 101 cm³/mol. The van der Waals surface area contributed by atoms with Crippen LogP contribution in [-0.4, -0.2) is 26.1 Å². The minimum absolute atomic E-state index is 0.142. The summed E-state index contributed by atoms with van der Waals surface area (Å²) in [6.45, 7) is 0. The van der Waals surface area contributed by atoms with E-state index in [2.05, 4.69) is 25.5 Å². The third-order valence-corrected chi connectivity index (χ3v) is 4.24. The third-order valence-electron chi connectivity index (χ3n) is 4.24. The molecule has 0 aliphatic carbocycles. The van der Waals surface area contributed by atoms with Gasteiger partial charge in [0.05, 0.1) is 17.1 Å². The summed E-state index contributed by atoms with van der Waals surface area (Å²) in [6, 6.07) is 19.9. The second-order valence-electron chi connectivity index (χ2n) is 6.16. The summed E-state index contributed by atoms with van der Waals surface area (Å²) < 4.78 is 0. The van der Waals surface area contributed by atoms with Gasteiger partial charge in [0, 0.05) is 6.07 Å².